The second kappa shape index (κ2) is 6.44. The van der Waals surface area contributed by atoms with Crippen LogP contribution in [0.3, 0.4) is 0 Å². The van der Waals surface area contributed by atoms with Crippen LogP contribution in [0.15, 0.2) is 24.3 Å². The van der Waals surface area contributed by atoms with Crippen molar-refractivity contribution in [3.63, 3.8) is 0 Å². The van der Waals surface area contributed by atoms with Crippen LogP contribution >= 0.6 is 0 Å². The Balaban J connectivity index is 1.55. The van der Waals surface area contributed by atoms with E-state index in [4.69, 9.17) is 0 Å². The van der Waals surface area contributed by atoms with E-state index in [1.54, 1.807) is 6.92 Å². The maximum Gasteiger partial charge on any atom is 0.223 e. The molecular formula is C18H23N3O2. The van der Waals surface area contributed by atoms with Gasteiger partial charge < -0.3 is 15.2 Å². The van der Waals surface area contributed by atoms with Gasteiger partial charge in [-0.3, -0.25) is 9.59 Å². The first-order valence-electron chi connectivity index (χ1n) is 8.14. The molecule has 0 unspecified atom stereocenters. The molecule has 0 spiro atoms. The number of benzene rings is 1. The molecule has 0 saturated carbocycles. The number of fused-ring (bicyclic) bond motifs is 1. The molecule has 0 bridgehead atoms. The quantitative estimate of drug-likeness (QED) is 0.913. The van der Waals surface area contributed by atoms with E-state index in [9.17, 15) is 9.59 Å². The SMILES string of the molecule is CC(=O)N1CCC(C(=O)NCc2ccc3[nH]c(C)cc3c2)CC1. The number of nitrogens with one attached hydrogen (secondary N) is 2. The standard InChI is InChI=1S/C18H23N3O2/c1-12-9-16-10-14(3-4-17(16)20-12)11-19-18(23)15-5-7-21(8-6-15)13(2)22/h3-4,9-10,15,20H,5-8,11H2,1-2H3,(H,19,23). The monoisotopic (exact) mass is 313 g/mol. The third-order valence-electron chi connectivity index (χ3n) is 4.60. The Bertz CT molecular complexity index is 727. The minimum absolute atomic E-state index is 0.0174. The number of nitrogens with zero attached hydrogens (tertiary/aromatic N) is 1. The van der Waals surface area contributed by atoms with Gasteiger partial charge in [0.25, 0.3) is 0 Å². The number of rotatable bonds is 3. The van der Waals surface area contributed by atoms with E-state index in [-0.39, 0.29) is 17.7 Å². The van der Waals surface area contributed by atoms with Crippen molar-refractivity contribution in [2.24, 2.45) is 5.92 Å². The summed E-state index contributed by atoms with van der Waals surface area (Å²) in [5, 5.41) is 4.20. The number of hydrogen-bond donors (Lipinski definition) is 2. The zero-order valence-electron chi connectivity index (χ0n) is 13.7. The predicted molar refractivity (Wildman–Crippen MR) is 89.9 cm³/mol. The third kappa shape index (κ3) is 3.55. The van der Waals surface area contributed by atoms with Crippen LogP contribution in [0, 0.1) is 12.8 Å². The fraction of sp³-hybridized carbons (Fsp3) is 0.444. The number of carbonyl (C=O) groups excluding carboxylic acids is 2. The number of amides is 2. The van der Waals surface area contributed by atoms with Crippen molar-refractivity contribution in [1.29, 1.82) is 0 Å². The van der Waals surface area contributed by atoms with Gasteiger partial charge in [0.05, 0.1) is 0 Å². The summed E-state index contributed by atoms with van der Waals surface area (Å²) < 4.78 is 0. The summed E-state index contributed by atoms with van der Waals surface area (Å²) in [5.74, 6) is 0.210. The molecule has 0 radical (unpaired) electrons. The Morgan fingerprint density at radius 1 is 1.26 bits per heavy atom. The molecule has 2 N–H and O–H groups in total. The van der Waals surface area contributed by atoms with Crippen molar-refractivity contribution in [1.82, 2.24) is 15.2 Å². The highest BCUT2D eigenvalue weighted by Gasteiger charge is 2.25. The summed E-state index contributed by atoms with van der Waals surface area (Å²) >= 11 is 0. The van der Waals surface area contributed by atoms with Crippen LogP contribution in [0.2, 0.25) is 0 Å². The van der Waals surface area contributed by atoms with Gasteiger partial charge in [-0.1, -0.05) is 6.07 Å². The number of aromatic nitrogens is 1. The molecule has 3 rings (SSSR count). The molecule has 1 aromatic heterocycles. The predicted octanol–water partition coefficient (Wildman–Crippen LogP) is 2.35. The lowest BCUT2D eigenvalue weighted by Crippen LogP contribution is -2.42. The van der Waals surface area contributed by atoms with Crippen molar-refractivity contribution >= 4 is 22.7 Å². The molecule has 2 heterocycles. The van der Waals surface area contributed by atoms with Gasteiger partial charge in [-0.05, 0) is 48.9 Å². The van der Waals surface area contributed by atoms with Crippen molar-refractivity contribution < 1.29 is 9.59 Å². The first-order valence-corrected chi connectivity index (χ1v) is 8.14. The van der Waals surface area contributed by atoms with Crippen molar-refractivity contribution in [2.75, 3.05) is 13.1 Å². The van der Waals surface area contributed by atoms with E-state index in [0.717, 1.165) is 29.6 Å². The van der Waals surface area contributed by atoms with E-state index < -0.39 is 0 Å². The van der Waals surface area contributed by atoms with Gasteiger partial charge in [0.2, 0.25) is 11.8 Å². The minimum atomic E-state index is 0.0174. The van der Waals surface area contributed by atoms with Crippen LogP contribution in [0.25, 0.3) is 10.9 Å². The topological polar surface area (TPSA) is 65.2 Å². The lowest BCUT2D eigenvalue weighted by molar-refractivity contribution is -0.134. The summed E-state index contributed by atoms with van der Waals surface area (Å²) in [6, 6.07) is 8.31. The number of carbonyl (C=O) groups is 2. The van der Waals surface area contributed by atoms with Crippen molar-refractivity contribution in [2.45, 2.75) is 33.2 Å². The van der Waals surface area contributed by atoms with E-state index in [2.05, 4.69) is 28.5 Å². The van der Waals surface area contributed by atoms with Crippen LogP contribution in [0.5, 0.6) is 0 Å². The number of likely N-dealkylation sites (tertiary alicyclic amines) is 1. The van der Waals surface area contributed by atoms with Gasteiger partial charge in [-0.2, -0.15) is 0 Å². The summed E-state index contributed by atoms with van der Waals surface area (Å²) in [7, 11) is 0. The maximum atomic E-state index is 12.3. The van der Waals surface area contributed by atoms with Gasteiger partial charge >= 0.3 is 0 Å². The van der Waals surface area contributed by atoms with Crippen LogP contribution < -0.4 is 5.32 Å². The minimum Gasteiger partial charge on any atom is -0.359 e. The Morgan fingerprint density at radius 2 is 2.00 bits per heavy atom. The zero-order valence-corrected chi connectivity index (χ0v) is 13.7. The molecular weight excluding hydrogens is 290 g/mol. The molecule has 2 amide bonds. The zero-order chi connectivity index (χ0) is 16.4. The molecule has 5 heteroatoms. The average molecular weight is 313 g/mol. The number of hydrogen-bond acceptors (Lipinski definition) is 2. The Kier molecular flexibility index (Phi) is 4.37. The highest BCUT2D eigenvalue weighted by Crippen LogP contribution is 2.19. The first-order chi connectivity index (χ1) is 11.0. The largest absolute Gasteiger partial charge is 0.359 e. The normalized spacial score (nSPS) is 15.8. The molecule has 1 saturated heterocycles. The van der Waals surface area contributed by atoms with Crippen molar-refractivity contribution in [3.8, 4) is 0 Å². The summed E-state index contributed by atoms with van der Waals surface area (Å²) in [6.07, 6.45) is 1.50. The molecule has 122 valence electrons. The summed E-state index contributed by atoms with van der Waals surface area (Å²) in [6.45, 7) is 5.53. The van der Waals surface area contributed by atoms with Gasteiger partial charge in [-0.15, -0.1) is 0 Å². The summed E-state index contributed by atoms with van der Waals surface area (Å²) in [5.41, 5.74) is 3.36. The van der Waals surface area contributed by atoms with Crippen LogP contribution in [0.4, 0.5) is 0 Å². The Labute approximate surface area is 136 Å². The third-order valence-corrected chi connectivity index (χ3v) is 4.60. The van der Waals surface area contributed by atoms with Gasteiger partial charge in [0.15, 0.2) is 0 Å². The maximum absolute atomic E-state index is 12.3. The molecule has 1 aliphatic rings. The lowest BCUT2D eigenvalue weighted by atomic mass is 9.96. The first kappa shape index (κ1) is 15.6. The Morgan fingerprint density at radius 3 is 2.70 bits per heavy atom. The molecule has 0 atom stereocenters. The van der Waals surface area contributed by atoms with E-state index in [0.29, 0.717) is 19.6 Å². The highest BCUT2D eigenvalue weighted by molar-refractivity contribution is 5.82. The summed E-state index contributed by atoms with van der Waals surface area (Å²) in [4.78, 5) is 28.7. The second-order valence-corrected chi connectivity index (χ2v) is 6.37. The van der Waals surface area contributed by atoms with Crippen molar-refractivity contribution in [3.05, 3.63) is 35.5 Å². The molecule has 1 aliphatic heterocycles. The lowest BCUT2D eigenvalue weighted by Gasteiger charge is -2.30. The van der Waals surface area contributed by atoms with E-state index >= 15 is 0 Å². The highest BCUT2D eigenvalue weighted by atomic mass is 16.2. The fourth-order valence-corrected chi connectivity index (χ4v) is 3.23. The molecule has 23 heavy (non-hydrogen) atoms. The smallest absolute Gasteiger partial charge is 0.223 e. The van der Waals surface area contributed by atoms with Crippen LogP contribution in [0.1, 0.15) is 31.0 Å². The second-order valence-electron chi connectivity index (χ2n) is 6.37. The number of piperidine rings is 1. The Hall–Kier alpha value is -2.30. The van der Waals surface area contributed by atoms with Gasteiger partial charge in [-0.25, -0.2) is 0 Å². The molecule has 2 aromatic rings. The average Bonchev–Trinajstić information content (AvgIpc) is 2.92. The molecule has 1 aromatic carbocycles. The van der Waals surface area contributed by atoms with E-state index in [1.165, 1.54) is 5.39 Å². The molecule has 1 fully saturated rings. The van der Waals surface area contributed by atoms with Crippen LogP contribution in [-0.2, 0) is 16.1 Å². The number of aryl methyl sites for hydroxylation is 1. The number of H-pyrrole nitrogens is 1. The van der Waals surface area contributed by atoms with E-state index in [1.807, 2.05) is 17.9 Å². The van der Waals surface area contributed by atoms with Crippen LogP contribution in [-0.4, -0.2) is 34.8 Å². The van der Waals surface area contributed by atoms with Gasteiger partial charge in [0, 0.05) is 43.7 Å². The molecule has 0 aliphatic carbocycles. The molecule has 5 nitrogen and oxygen atoms in total. The fourth-order valence-electron chi connectivity index (χ4n) is 3.23. The van der Waals surface area contributed by atoms with Gasteiger partial charge in [0.1, 0.15) is 0 Å². The number of aromatic amines is 1.